The Labute approximate surface area is 120 Å². The number of benzene rings is 1. The SMILES string of the molecule is COC(=O)C1CCN(Cc2ccc(F)c(Br)c2)CC1. The van der Waals surface area contributed by atoms with Gasteiger partial charge in [0.25, 0.3) is 0 Å². The van der Waals surface area contributed by atoms with Crippen LogP contribution in [0.4, 0.5) is 4.39 Å². The lowest BCUT2D eigenvalue weighted by molar-refractivity contribution is -0.147. The number of rotatable bonds is 3. The normalized spacial score (nSPS) is 17.4. The van der Waals surface area contributed by atoms with Gasteiger partial charge in [0, 0.05) is 6.54 Å². The number of hydrogen-bond acceptors (Lipinski definition) is 3. The highest BCUT2D eigenvalue weighted by Crippen LogP contribution is 2.22. The zero-order valence-corrected chi connectivity index (χ0v) is 12.5. The van der Waals surface area contributed by atoms with E-state index in [-0.39, 0.29) is 17.7 Å². The van der Waals surface area contributed by atoms with Crippen molar-refractivity contribution in [2.24, 2.45) is 5.92 Å². The van der Waals surface area contributed by atoms with Crippen LogP contribution in [0.3, 0.4) is 0 Å². The summed E-state index contributed by atoms with van der Waals surface area (Å²) in [7, 11) is 1.44. The minimum atomic E-state index is -0.242. The molecule has 1 aliphatic heterocycles. The molecule has 0 amide bonds. The summed E-state index contributed by atoms with van der Waals surface area (Å²) in [5, 5.41) is 0. The minimum absolute atomic E-state index is 0.0289. The Bertz CT molecular complexity index is 459. The molecule has 0 atom stereocenters. The molecule has 1 aliphatic rings. The highest BCUT2D eigenvalue weighted by molar-refractivity contribution is 9.10. The van der Waals surface area contributed by atoms with E-state index >= 15 is 0 Å². The van der Waals surface area contributed by atoms with Gasteiger partial charge in [0.05, 0.1) is 17.5 Å². The molecule has 0 unspecified atom stereocenters. The lowest BCUT2D eigenvalue weighted by Gasteiger charge is -2.30. The first-order valence-corrected chi connectivity index (χ1v) is 7.13. The predicted octanol–water partition coefficient (Wildman–Crippen LogP) is 2.97. The Morgan fingerprint density at radius 2 is 2.16 bits per heavy atom. The second kappa shape index (κ2) is 6.48. The first-order chi connectivity index (χ1) is 9.10. The van der Waals surface area contributed by atoms with Crippen LogP contribution in [0.1, 0.15) is 18.4 Å². The zero-order chi connectivity index (χ0) is 13.8. The number of carbonyl (C=O) groups is 1. The third-order valence-electron chi connectivity index (χ3n) is 3.51. The van der Waals surface area contributed by atoms with Crippen LogP contribution >= 0.6 is 15.9 Å². The average molecular weight is 330 g/mol. The van der Waals surface area contributed by atoms with E-state index in [0.29, 0.717) is 4.47 Å². The average Bonchev–Trinajstić information content (AvgIpc) is 2.43. The number of hydrogen-bond donors (Lipinski definition) is 0. The van der Waals surface area contributed by atoms with E-state index in [1.807, 2.05) is 6.07 Å². The van der Waals surface area contributed by atoms with E-state index in [2.05, 4.69) is 20.8 Å². The molecule has 0 aromatic heterocycles. The molecule has 1 heterocycles. The van der Waals surface area contributed by atoms with Gasteiger partial charge in [0.1, 0.15) is 5.82 Å². The smallest absolute Gasteiger partial charge is 0.308 e. The van der Waals surface area contributed by atoms with Gasteiger partial charge in [-0.05, 0) is 59.6 Å². The van der Waals surface area contributed by atoms with Crippen molar-refractivity contribution in [1.29, 1.82) is 0 Å². The van der Waals surface area contributed by atoms with Gasteiger partial charge in [0.15, 0.2) is 0 Å². The molecule has 0 N–H and O–H groups in total. The number of likely N-dealkylation sites (tertiary alicyclic amines) is 1. The third kappa shape index (κ3) is 3.76. The lowest BCUT2D eigenvalue weighted by Crippen LogP contribution is -2.36. The fourth-order valence-electron chi connectivity index (χ4n) is 2.39. The maximum absolute atomic E-state index is 13.1. The Morgan fingerprint density at radius 1 is 1.47 bits per heavy atom. The molecule has 1 saturated heterocycles. The van der Waals surface area contributed by atoms with Gasteiger partial charge in [0.2, 0.25) is 0 Å². The van der Waals surface area contributed by atoms with E-state index in [9.17, 15) is 9.18 Å². The molecule has 1 fully saturated rings. The van der Waals surface area contributed by atoms with Gasteiger partial charge in [-0.25, -0.2) is 4.39 Å². The quantitative estimate of drug-likeness (QED) is 0.798. The van der Waals surface area contributed by atoms with E-state index in [4.69, 9.17) is 4.74 Å². The Morgan fingerprint density at radius 3 is 2.74 bits per heavy atom. The van der Waals surface area contributed by atoms with Crippen LogP contribution in [0.2, 0.25) is 0 Å². The van der Waals surface area contributed by atoms with Crippen molar-refractivity contribution < 1.29 is 13.9 Å². The summed E-state index contributed by atoms with van der Waals surface area (Å²) >= 11 is 3.19. The van der Waals surface area contributed by atoms with Crippen LogP contribution in [0.15, 0.2) is 22.7 Å². The highest BCUT2D eigenvalue weighted by Gasteiger charge is 2.25. The third-order valence-corrected chi connectivity index (χ3v) is 4.12. The summed E-state index contributed by atoms with van der Waals surface area (Å²) in [5.41, 5.74) is 1.07. The summed E-state index contributed by atoms with van der Waals surface area (Å²) < 4.78 is 18.4. The molecule has 0 bridgehead atoms. The lowest BCUT2D eigenvalue weighted by atomic mass is 9.96. The molecule has 0 radical (unpaired) electrons. The number of ether oxygens (including phenoxy) is 1. The standard InChI is InChI=1S/C14H17BrFNO2/c1-19-14(18)11-4-6-17(7-5-11)9-10-2-3-13(16)12(15)8-10/h2-3,8,11H,4-7,9H2,1H3. The van der Waals surface area contributed by atoms with Gasteiger partial charge in [-0.15, -0.1) is 0 Å². The summed E-state index contributed by atoms with van der Waals surface area (Å²) in [6, 6.07) is 5.08. The fourth-order valence-corrected chi connectivity index (χ4v) is 2.82. The molecule has 0 spiro atoms. The molecule has 104 valence electrons. The summed E-state index contributed by atoms with van der Waals surface area (Å²) in [4.78, 5) is 13.7. The summed E-state index contributed by atoms with van der Waals surface area (Å²) in [6.45, 7) is 2.52. The van der Waals surface area contributed by atoms with Gasteiger partial charge in [-0.1, -0.05) is 6.07 Å². The molecule has 1 aromatic rings. The van der Waals surface area contributed by atoms with Crippen molar-refractivity contribution in [2.45, 2.75) is 19.4 Å². The fraction of sp³-hybridized carbons (Fsp3) is 0.500. The molecular formula is C14H17BrFNO2. The summed E-state index contributed by atoms with van der Waals surface area (Å²) in [6.07, 6.45) is 1.66. The Balaban J connectivity index is 1.88. The zero-order valence-electron chi connectivity index (χ0n) is 10.9. The van der Waals surface area contributed by atoms with Crippen molar-refractivity contribution in [2.75, 3.05) is 20.2 Å². The van der Waals surface area contributed by atoms with Crippen LogP contribution in [-0.2, 0) is 16.1 Å². The van der Waals surface area contributed by atoms with Gasteiger partial charge >= 0.3 is 5.97 Å². The Kier molecular flexibility index (Phi) is 4.93. The second-order valence-electron chi connectivity index (χ2n) is 4.82. The molecular weight excluding hydrogens is 313 g/mol. The molecule has 0 saturated carbocycles. The highest BCUT2D eigenvalue weighted by atomic mass is 79.9. The topological polar surface area (TPSA) is 29.5 Å². The molecule has 1 aromatic carbocycles. The van der Waals surface area contributed by atoms with Crippen molar-refractivity contribution in [3.05, 3.63) is 34.1 Å². The monoisotopic (exact) mass is 329 g/mol. The molecule has 3 nitrogen and oxygen atoms in total. The predicted molar refractivity (Wildman–Crippen MR) is 74.1 cm³/mol. The first-order valence-electron chi connectivity index (χ1n) is 6.34. The van der Waals surface area contributed by atoms with E-state index in [1.165, 1.54) is 13.2 Å². The number of carbonyl (C=O) groups excluding carboxylic acids is 1. The van der Waals surface area contributed by atoms with Crippen LogP contribution in [0, 0.1) is 11.7 Å². The van der Waals surface area contributed by atoms with Gasteiger partial charge in [-0.2, -0.15) is 0 Å². The van der Waals surface area contributed by atoms with Crippen molar-refractivity contribution in [3.63, 3.8) is 0 Å². The maximum atomic E-state index is 13.1. The van der Waals surface area contributed by atoms with Crippen LogP contribution < -0.4 is 0 Å². The first kappa shape index (κ1) is 14.5. The van der Waals surface area contributed by atoms with Crippen LogP contribution in [-0.4, -0.2) is 31.1 Å². The van der Waals surface area contributed by atoms with Crippen molar-refractivity contribution in [3.8, 4) is 0 Å². The van der Waals surface area contributed by atoms with E-state index in [1.54, 1.807) is 6.07 Å². The summed E-state index contributed by atoms with van der Waals surface area (Å²) in [5.74, 6) is -0.321. The van der Waals surface area contributed by atoms with Crippen LogP contribution in [0.25, 0.3) is 0 Å². The number of halogens is 2. The van der Waals surface area contributed by atoms with E-state index in [0.717, 1.165) is 38.0 Å². The van der Waals surface area contributed by atoms with Crippen molar-refractivity contribution in [1.82, 2.24) is 4.90 Å². The number of piperidine rings is 1. The Hall–Kier alpha value is -0.940. The molecule has 5 heteroatoms. The minimum Gasteiger partial charge on any atom is -0.469 e. The van der Waals surface area contributed by atoms with Crippen LogP contribution in [0.5, 0.6) is 0 Å². The van der Waals surface area contributed by atoms with E-state index < -0.39 is 0 Å². The number of nitrogens with zero attached hydrogens (tertiary/aromatic N) is 1. The maximum Gasteiger partial charge on any atom is 0.308 e. The van der Waals surface area contributed by atoms with Crippen molar-refractivity contribution >= 4 is 21.9 Å². The van der Waals surface area contributed by atoms with Gasteiger partial charge < -0.3 is 4.74 Å². The number of esters is 1. The number of methoxy groups -OCH3 is 1. The molecule has 19 heavy (non-hydrogen) atoms. The molecule has 2 rings (SSSR count). The van der Waals surface area contributed by atoms with Gasteiger partial charge in [-0.3, -0.25) is 9.69 Å². The second-order valence-corrected chi connectivity index (χ2v) is 5.68. The largest absolute Gasteiger partial charge is 0.469 e. The molecule has 0 aliphatic carbocycles.